The Bertz CT molecular complexity index is 2030. The number of esters is 1. The van der Waals surface area contributed by atoms with E-state index < -0.39 is 94.4 Å². The highest BCUT2D eigenvalue weighted by molar-refractivity contribution is 6.10. The number of nitroso groups, excluding NO2 is 1. The zero-order valence-corrected chi connectivity index (χ0v) is 31.6. The molecule has 0 saturated heterocycles. The van der Waals surface area contributed by atoms with Crippen molar-refractivity contribution in [2.24, 2.45) is 29.0 Å². The second-order valence-corrected chi connectivity index (χ2v) is 14.0. The number of fused-ring (bicyclic) bond motifs is 14. The minimum absolute atomic E-state index is 0.0363. The van der Waals surface area contributed by atoms with Crippen molar-refractivity contribution in [2.45, 2.75) is 85.6 Å². The molecular formula is C38H49N3O13. The Morgan fingerprint density at radius 1 is 0.981 bits per heavy atom. The van der Waals surface area contributed by atoms with Gasteiger partial charge in [0.25, 0.3) is 5.91 Å². The molecule has 8 N–H and O–H groups in total. The van der Waals surface area contributed by atoms with Crippen LogP contribution in [0, 0.1) is 35.5 Å². The van der Waals surface area contributed by atoms with Crippen LogP contribution in [0.2, 0.25) is 0 Å². The van der Waals surface area contributed by atoms with Crippen LogP contribution in [0.15, 0.2) is 41.4 Å². The predicted octanol–water partition coefficient (Wildman–Crippen LogP) is 3.25. The number of phenolic OH excluding ortho intramolecular Hbond substituents is 3. The first kappa shape index (κ1) is 41.4. The number of methoxy groups -OCH3 is 1. The third kappa shape index (κ3) is 7.67. The van der Waals surface area contributed by atoms with Crippen LogP contribution in [0.5, 0.6) is 23.0 Å². The average molecular weight is 756 g/mol. The Kier molecular flexibility index (Phi) is 12.6. The number of nitrogens with one attached hydrogen (secondary N) is 2. The molecule has 3 heterocycles. The van der Waals surface area contributed by atoms with Gasteiger partial charge in [-0.3, -0.25) is 9.59 Å². The molecule has 0 spiro atoms. The van der Waals surface area contributed by atoms with Crippen molar-refractivity contribution in [3.8, 4) is 23.0 Å². The van der Waals surface area contributed by atoms with E-state index in [1.165, 1.54) is 59.3 Å². The van der Waals surface area contributed by atoms with Gasteiger partial charge in [0.2, 0.25) is 0 Å². The highest BCUT2D eigenvalue weighted by Gasteiger charge is 2.44. The van der Waals surface area contributed by atoms with Crippen LogP contribution in [0.3, 0.4) is 0 Å². The number of aromatic hydroxyl groups is 3. The van der Waals surface area contributed by atoms with Crippen LogP contribution in [-0.2, 0) is 23.8 Å². The number of phenols is 3. The first-order valence-corrected chi connectivity index (χ1v) is 17.3. The number of carbonyl (C=O) groups excluding carboxylic acids is 2. The average Bonchev–Trinajstić information content (AvgIpc) is 3.39. The van der Waals surface area contributed by atoms with E-state index in [9.17, 15) is 45.1 Å². The summed E-state index contributed by atoms with van der Waals surface area (Å²) >= 11 is 0. The summed E-state index contributed by atoms with van der Waals surface area (Å²) in [6.45, 7) is 12.3. The number of allylic oxidation sites excluding steroid dienone is 2. The maximum Gasteiger partial charge on any atom is 0.307 e. The number of benzene rings is 2. The van der Waals surface area contributed by atoms with Crippen molar-refractivity contribution in [3.63, 3.8) is 0 Å². The van der Waals surface area contributed by atoms with Crippen LogP contribution in [0.1, 0.15) is 54.0 Å². The Hall–Kier alpha value is -5.32. The molecule has 294 valence electrons. The van der Waals surface area contributed by atoms with Crippen LogP contribution >= 0.6 is 0 Å². The molecule has 2 aromatic rings. The summed E-state index contributed by atoms with van der Waals surface area (Å²) in [5.41, 5.74) is 1.76. The maximum atomic E-state index is 13.4. The largest absolute Gasteiger partial charge is 0.507 e. The summed E-state index contributed by atoms with van der Waals surface area (Å²) in [4.78, 5) is 36.7. The Balaban J connectivity index is 2.01. The normalized spacial score (nSPS) is 31.9. The molecule has 16 heteroatoms. The number of aliphatic hydroxyl groups excluding tert-OH is 3. The molecule has 9 atom stereocenters. The molecule has 0 aromatic heterocycles. The molecule has 2 aromatic carbocycles. The van der Waals surface area contributed by atoms with E-state index >= 15 is 0 Å². The fourth-order valence-corrected chi connectivity index (χ4v) is 6.99. The SMILES string of the molecule is CO[C@H]1/C=C/O[C@@]2(C)Oc3c(C)c(O)c4c(O)c(/c(=C/NN=O)c(O)c4c3=C2O)NC(=O)/C(C)=C/C=C/[C@H](C)[C@H](O)[C@@H](C)[C@@H](O)[C@@H](C)[C@H](OC(C)=O)[C@@H]1C. The van der Waals surface area contributed by atoms with Crippen molar-refractivity contribution < 1.29 is 59.2 Å². The van der Waals surface area contributed by atoms with Gasteiger partial charge in [-0.05, 0) is 19.9 Å². The topological polar surface area (TPSA) is 246 Å². The standard InChI is InChI=1S/C38H49N3O13/c1-16-11-10-12-17(2)37(49)40-28-23(15-39-41-50)32(46)25-26(33(28)47)31(45)21(6)35-27(25)36(48)38(8,54-35)52-14-13-24(51-9)18(3)34(53-22(7)42)20(5)30(44)19(4)29(16)43/h10-16,18-20,24,29-30,34,43-48H,1-9H3,(H,39,50)(H,40,49)/b11-10+,14-13+,17-12+,23-15-/t16-,18+,19+,20+,24-,29-,30+,34+,38-/m0/s1. The molecule has 5 bridgehead atoms. The van der Waals surface area contributed by atoms with E-state index in [-0.39, 0.29) is 38.1 Å². The Morgan fingerprint density at radius 3 is 2.26 bits per heavy atom. The van der Waals surface area contributed by atoms with Crippen LogP contribution in [-0.4, -0.2) is 79.8 Å². The lowest BCUT2D eigenvalue weighted by Crippen LogP contribution is -2.46. The van der Waals surface area contributed by atoms with Gasteiger partial charge in [0.05, 0.1) is 51.4 Å². The minimum Gasteiger partial charge on any atom is -0.507 e. The molecule has 0 unspecified atom stereocenters. The van der Waals surface area contributed by atoms with E-state index in [0.717, 1.165) is 6.20 Å². The second kappa shape index (κ2) is 16.4. The number of anilines is 1. The summed E-state index contributed by atoms with van der Waals surface area (Å²) in [7, 11) is 1.42. The van der Waals surface area contributed by atoms with Gasteiger partial charge < -0.3 is 54.9 Å². The second-order valence-electron chi connectivity index (χ2n) is 14.0. The first-order valence-electron chi connectivity index (χ1n) is 17.3. The first-order chi connectivity index (χ1) is 25.3. The Labute approximate surface area is 311 Å². The van der Waals surface area contributed by atoms with Crippen molar-refractivity contribution in [3.05, 3.63) is 57.0 Å². The number of ether oxygens (including phenoxy) is 4. The number of amides is 1. The van der Waals surface area contributed by atoms with Gasteiger partial charge in [-0.1, -0.05) is 45.9 Å². The summed E-state index contributed by atoms with van der Waals surface area (Å²) in [6, 6.07) is 0. The smallest absolute Gasteiger partial charge is 0.307 e. The van der Waals surface area contributed by atoms with E-state index in [1.807, 2.05) is 5.43 Å². The van der Waals surface area contributed by atoms with Gasteiger partial charge in [-0.2, -0.15) is 0 Å². The lowest BCUT2D eigenvalue weighted by atomic mass is 9.78. The molecule has 0 saturated carbocycles. The predicted molar refractivity (Wildman–Crippen MR) is 198 cm³/mol. The summed E-state index contributed by atoms with van der Waals surface area (Å²) in [5.74, 6) is -8.51. The maximum absolute atomic E-state index is 13.4. The fourth-order valence-electron chi connectivity index (χ4n) is 6.99. The van der Waals surface area contributed by atoms with Crippen molar-refractivity contribution >= 4 is 40.3 Å². The van der Waals surface area contributed by atoms with E-state index in [0.29, 0.717) is 0 Å². The number of nitrogens with zero attached hydrogens (tertiary/aromatic N) is 1. The number of carbonyl (C=O) groups is 2. The van der Waals surface area contributed by atoms with Gasteiger partial charge in [0.15, 0.2) is 11.5 Å². The van der Waals surface area contributed by atoms with Gasteiger partial charge in [0.1, 0.15) is 23.4 Å². The molecule has 54 heavy (non-hydrogen) atoms. The monoisotopic (exact) mass is 755 g/mol. The molecule has 0 aliphatic carbocycles. The molecule has 1 amide bonds. The lowest BCUT2D eigenvalue weighted by molar-refractivity contribution is -0.160. The van der Waals surface area contributed by atoms with E-state index in [4.69, 9.17) is 18.9 Å². The summed E-state index contributed by atoms with van der Waals surface area (Å²) in [5, 5.41) is 72.8. The molecule has 0 fully saturated rings. The third-order valence-corrected chi connectivity index (χ3v) is 10.3. The highest BCUT2D eigenvalue weighted by Crippen LogP contribution is 2.46. The number of hydrogen-bond donors (Lipinski definition) is 8. The fraction of sp³-hybridized carbons (Fsp3) is 0.474. The number of aliphatic hydroxyl groups is 3. The summed E-state index contributed by atoms with van der Waals surface area (Å²) in [6.07, 6.45) is 4.26. The molecule has 3 aliphatic heterocycles. The molecule has 16 nitrogen and oxygen atoms in total. The minimum atomic E-state index is -1.97. The highest BCUT2D eigenvalue weighted by atomic mass is 16.7. The van der Waals surface area contributed by atoms with E-state index in [1.54, 1.807) is 33.8 Å². The van der Waals surface area contributed by atoms with Crippen LogP contribution < -0.4 is 25.9 Å². The van der Waals surface area contributed by atoms with Gasteiger partial charge in [-0.25, -0.2) is 5.43 Å². The van der Waals surface area contributed by atoms with Crippen LogP contribution in [0.25, 0.3) is 22.7 Å². The van der Waals surface area contributed by atoms with Gasteiger partial charge in [0, 0.05) is 67.4 Å². The third-order valence-electron chi connectivity index (χ3n) is 10.3. The van der Waals surface area contributed by atoms with Crippen molar-refractivity contribution in [2.75, 3.05) is 12.4 Å². The summed E-state index contributed by atoms with van der Waals surface area (Å²) < 4.78 is 23.4. The lowest BCUT2D eigenvalue weighted by Gasteiger charge is -2.38. The number of hydrogen-bond acceptors (Lipinski definition) is 14. The van der Waals surface area contributed by atoms with Crippen molar-refractivity contribution in [1.29, 1.82) is 0 Å². The van der Waals surface area contributed by atoms with Gasteiger partial charge >= 0.3 is 11.8 Å². The molecule has 3 aliphatic rings. The molecule has 0 radical (unpaired) electrons. The zero-order chi connectivity index (χ0) is 40.4. The molecule has 5 rings (SSSR count). The quantitative estimate of drug-likeness (QED) is 0.0735. The zero-order valence-electron chi connectivity index (χ0n) is 31.6. The number of rotatable bonds is 4. The van der Waals surface area contributed by atoms with Gasteiger partial charge in [-0.15, -0.1) is 4.91 Å². The Morgan fingerprint density at radius 2 is 1.65 bits per heavy atom. The van der Waals surface area contributed by atoms with Crippen LogP contribution in [0.4, 0.5) is 5.69 Å². The van der Waals surface area contributed by atoms with E-state index in [2.05, 4.69) is 10.6 Å². The van der Waals surface area contributed by atoms with Crippen molar-refractivity contribution in [1.82, 2.24) is 5.43 Å². The molecular weight excluding hydrogens is 706 g/mol.